The highest BCUT2D eigenvalue weighted by molar-refractivity contribution is 7.92. The molecule has 0 radical (unpaired) electrons. The maximum atomic E-state index is 12.6. The van der Waals surface area contributed by atoms with Gasteiger partial charge in [-0.1, -0.05) is 66.7 Å². The quantitative estimate of drug-likeness (QED) is 0.734. The maximum Gasteiger partial charge on any atom is 0.261 e. The lowest BCUT2D eigenvalue weighted by Crippen LogP contribution is -2.25. The van der Waals surface area contributed by atoms with E-state index in [1.54, 1.807) is 49.4 Å². The number of hydrogen-bond acceptors (Lipinski definition) is 3. The summed E-state index contributed by atoms with van der Waals surface area (Å²) in [6.07, 6.45) is 0. The van der Waals surface area contributed by atoms with Crippen LogP contribution in [0, 0.1) is 0 Å². The van der Waals surface area contributed by atoms with E-state index in [4.69, 9.17) is 0 Å². The summed E-state index contributed by atoms with van der Waals surface area (Å²) in [5.74, 6) is 0. The second-order valence-electron chi connectivity index (χ2n) is 5.90. The highest BCUT2D eigenvalue weighted by atomic mass is 32.2. The number of nitrogens with one attached hydrogen (secondary N) is 1. The zero-order chi connectivity index (χ0) is 17.9. The van der Waals surface area contributed by atoms with Crippen molar-refractivity contribution in [2.75, 3.05) is 4.72 Å². The molecule has 5 heteroatoms. The Kier molecular flexibility index (Phi) is 4.61. The van der Waals surface area contributed by atoms with Crippen LogP contribution in [-0.2, 0) is 15.6 Å². The molecule has 0 aliphatic carbocycles. The lowest BCUT2D eigenvalue weighted by Gasteiger charge is -2.27. The number of benzene rings is 3. The number of rotatable bonds is 5. The first kappa shape index (κ1) is 17.2. The van der Waals surface area contributed by atoms with Crippen LogP contribution in [0.4, 0.5) is 5.69 Å². The molecule has 0 aliphatic rings. The van der Waals surface area contributed by atoms with Gasteiger partial charge in [-0.25, -0.2) is 8.42 Å². The third kappa shape index (κ3) is 3.57. The fourth-order valence-corrected chi connectivity index (χ4v) is 3.82. The molecule has 2 N–H and O–H groups in total. The van der Waals surface area contributed by atoms with Crippen molar-refractivity contribution in [1.29, 1.82) is 0 Å². The molecule has 0 aliphatic heterocycles. The summed E-state index contributed by atoms with van der Waals surface area (Å²) in [4.78, 5) is 0.171. The molecule has 3 aromatic carbocycles. The van der Waals surface area contributed by atoms with Crippen molar-refractivity contribution in [3.8, 4) is 0 Å². The molecule has 0 bridgehead atoms. The molecule has 128 valence electrons. The number of para-hydroxylation sites is 1. The monoisotopic (exact) mass is 353 g/mol. The van der Waals surface area contributed by atoms with Gasteiger partial charge < -0.3 is 5.11 Å². The largest absolute Gasteiger partial charge is 0.381 e. The normalized spacial score (nSPS) is 13.8. The van der Waals surface area contributed by atoms with Crippen LogP contribution in [0.5, 0.6) is 0 Å². The van der Waals surface area contributed by atoms with E-state index in [-0.39, 0.29) is 4.90 Å². The minimum absolute atomic E-state index is 0.171. The Morgan fingerprint density at radius 3 is 1.96 bits per heavy atom. The third-order valence-electron chi connectivity index (χ3n) is 4.09. The Morgan fingerprint density at radius 2 is 1.32 bits per heavy atom. The Bertz CT molecular complexity index is 953. The van der Waals surface area contributed by atoms with Gasteiger partial charge in [-0.3, -0.25) is 4.72 Å². The van der Waals surface area contributed by atoms with E-state index in [1.165, 1.54) is 12.1 Å². The van der Waals surface area contributed by atoms with Crippen molar-refractivity contribution in [1.82, 2.24) is 0 Å². The van der Waals surface area contributed by atoms with Gasteiger partial charge in [-0.15, -0.1) is 0 Å². The predicted molar refractivity (Wildman–Crippen MR) is 98.8 cm³/mol. The van der Waals surface area contributed by atoms with Crippen LogP contribution in [0.3, 0.4) is 0 Å². The summed E-state index contributed by atoms with van der Waals surface area (Å²) in [6, 6.07) is 24.2. The zero-order valence-electron chi connectivity index (χ0n) is 13.8. The van der Waals surface area contributed by atoms with E-state index in [0.717, 1.165) is 0 Å². The van der Waals surface area contributed by atoms with Crippen LogP contribution in [0.25, 0.3) is 0 Å². The summed E-state index contributed by atoms with van der Waals surface area (Å²) in [7, 11) is -3.74. The first-order valence-electron chi connectivity index (χ1n) is 7.86. The molecule has 3 aromatic rings. The van der Waals surface area contributed by atoms with Crippen LogP contribution in [-0.4, -0.2) is 13.5 Å². The second-order valence-corrected chi connectivity index (χ2v) is 7.58. The molecular weight excluding hydrogens is 334 g/mol. The van der Waals surface area contributed by atoms with Crippen LogP contribution in [0.2, 0.25) is 0 Å². The molecule has 0 saturated heterocycles. The molecule has 0 saturated carbocycles. The summed E-state index contributed by atoms with van der Waals surface area (Å²) in [5.41, 5.74) is 0.180. The number of aliphatic hydroxyl groups is 1. The van der Waals surface area contributed by atoms with Gasteiger partial charge >= 0.3 is 0 Å². The van der Waals surface area contributed by atoms with E-state index >= 15 is 0 Å². The molecule has 0 amide bonds. The van der Waals surface area contributed by atoms with Crippen LogP contribution >= 0.6 is 0 Å². The van der Waals surface area contributed by atoms with Gasteiger partial charge in [0.15, 0.2) is 0 Å². The SMILES string of the molecule is CC(O)(c1ccccc1)c1ccccc1NS(=O)(=O)c1ccccc1. The number of anilines is 1. The Hall–Kier alpha value is -2.63. The van der Waals surface area contributed by atoms with Crippen molar-refractivity contribution in [2.24, 2.45) is 0 Å². The minimum Gasteiger partial charge on any atom is -0.381 e. The molecule has 25 heavy (non-hydrogen) atoms. The van der Waals surface area contributed by atoms with Gasteiger partial charge in [0.2, 0.25) is 0 Å². The Labute approximate surface area is 147 Å². The maximum absolute atomic E-state index is 12.6. The van der Waals surface area contributed by atoms with Gasteiger partial charge in [-0.2, -0.15) is 0 Å². The van der Waals surface area contributed by atoms with E-state index in [2.05, 4.69) is 4.72 Å². The fraction of sp³-hybridized carbons (Fsp3) is 0.100. The highest BCUT2D eigenvalue weighted by Crippen LogP contribution is 2.34. The van der Waals surface area contributed by atoms with Gasteiger partial charge in [-0.05, 0) is 30.7 Å². The zero-order valence-corrected chi connectivity index (χ0v) is 14.6. The van der Waals surface area contributed by atoms with Crippen molar-refractivity contribution < 1.29 is 13.5 Å². The van der Waals surface area contributed by atoms with E-state index in [0.29, 0.717) is 16.8 Å². The minimum atomic E-state index is -3.74. The van der Waals surface area contributed by atoms with Crippen molar-refractivity contribution in [3.63, 3.8) is 0 Å². The molecule has 1 atom stereocenters. The first-order valence-corrected chi connectivity index (χ1v) is 9.35. The van der Waals surface area contributed by atoms with Gasteiger partial charge in [0.1, 0.15) is 5.60 Å². The average Bonchev–Trinajstić information content (AvgIpc) is 2.63. The third-order valence-corrected chi connectivity index (χ3v) is 5.47. The van der Waals surface area contributed by atoms with Gasteiger partial charge in [0.05, 0.1) is 10.6 Å². The average molecular weight is 353 g/mol. The van der Waals surface area contributed by atoms with E-state index < -0.39 is 15.6 Å². The van der Waals surface area contributed by atoms with Crippen LogP contribution in [0.1, 0.15) is 18.1 Å². The highest BCUT2D eigenvalue weighted by Gasteiger charge is 2.29. The number of sulfonamides is 1. The number of hydrogen-bond donors (Lipinski definition) is 2. The van der Waals surface area contributed by atoms with Crippen molar-refractivity contribution in [3.05, 3.63) is 96.1 Å². The van der Waals surface area contributed by atoms with Gasteiger partial charge in [0, 0.05) is 5.56 Å². The standard InChI is InChI=1S/C20H19NO3S/c1-20(22,16-10-4-2-5-11-16)18-14-8-9-15-19(18)21-25(23,24)17-12-6-3-7-13-17/h2-15,21-22H,1H3. The first-order chi connectivity index (χ1) is 11.9. The summed E-state index contributed by atoms with van der Waals surface area (Å²) in [6.45, 7) is 1.65. The lowest BCUT2D eigenvalue weighted by atomic mass is 9.87. The smallest absolute Gasteiger partial charge is 0.261 e. The summed E-state index contributed by atoms with van der Waals surface area (Å²) < 4.78 is 27.8. The molecule has 0 fully saturated rings. The van der Waals surface area contributed by atoms with Crippen molar-refractivity contribution in [2.45, 2.75) is 17.4 Å². The fourth-order valence-electron chi connectivity index (χ4n) is 2.72. The molecule has 1 unspecified atom stereocenters. The summed E-state index contributed by atoms with van der Waals surface area (Å²) >= 11 is 0. The van der Waals surface area contributed by atoms with Crippen LogP contribution < -0.4 is 4.72 Å². The lowest BCUT2D eigenvalue weighted by molar-refractivity contribution is 0.103. The Morgan fingerprint density at radius 1 is 0.800 bits per heavy atom. The van der Waals surface area contributed by atoms with Crippen LogP contribution in [0.15, 0.2) is 89.8 Å². The van der Waals surface area contributed by atoms with E-state index in [9.17, 15) is 13.5 Å². The summed E-state index contributed by atoms with van der Waals surface area (Å²) in [5, 5.41) is 11.1. The predicted octanol–water partition coefficient (Wildman–Crippen LogP) is 3.74. The second kappa shape index (κ2) is 6.70. The molecule has 3 rings (SSSR count). The van der Waals surface area contributed by atoms with Crippen molar-refractivity contribution >= 4 is 15.7 Å². The topological polar surface area (TPSA) is 66.4 Å². The molecular formula is C20H19NO3S. The van der Waals surface area contributed by atoms with E-state index in [1.807, 2.05) is 30.3 Å². The molecule has 0 aromatic heterocycles. The Balaban J connectivity index is 2.03. The molecule has 0 heterocycles. The van der Waals surface area contributed by atoms with Gasteiger partial charge in [0.25, 0.3) is 10.0 Å². The molecule has 4 nitrogen and oxygen atoms in total. The molecule has 0 spiro atoms.